The molecule has 2 aromatic rings. The molecule has 1 aliphatic heterocycles. The van der Waals surface area contributed by atoms with Gasteiger partial charge in [-0.15, -0.1) is 0 Å². The number of hydrogen-bond acceptors (Lipinski definition) is 3. The van der Waals surface area contributed by atoms with E-state index in [1.807, 2.05) is 33.8 Å². The Morgan fingerprint density at radius 3 is 2.61 bits per heavy atom. The second-order valence-corrected chi connectivity index (χ2v) is 8.09. The third-order valence-electron chi connectivity index (χ3n) is 5.18. The highest BCUT2D eigenvalue weighted by molar-refractivity contribution is 9.10. The Morgan fingerprint density at radius 2 is 1.96 bits per heavy atom. The molecule has 3 rings (SSSR count). The van der Waals surface area contributed by atoms with Crippen molar-refractivity contribution >= 4 is 39.2 Å². The van der Waals surface area contributed by atoms with Crippen LogP contribution in [0, 0.1) is 13.8 Å². The van der Waals surface area contributed by atoms with Crippen molar-refractivity contribution in [1.82, 2.24) is 5.32 Å². The molecule has 2 atom stereocenters. The normalized spacial score (nSPS) is 19.6. The standard InChI is InChI=1S/C21H24BrN3O3/c1-5-14(4)23-19(26)21(28)17-11-15(22)7-9-18(17)24-20(27)25(21)16-8-6-12(2)13(3)10-16/h6-11,14,28H,5H2,1-4H3,(H,23,26)(H,24,27). The summed E-state index contributed by atoms with van der Waals surface area (Å²) in [7, 11) is 0. The van der Waals surface area contributed by atoms with E-state index in [-0.39, 0.29) is 6.04 Å². The van der Waals surface area contributed by atoms with Gasteiger partial charge in [0.15, 0.2) is 0 Å². The van der Waals surface area contributed by atoms with Gasteiger partial charge in [-0.05, 0) is 68.7 Å². The van der Waals surface area contributed by atoms with Gasteiger partial charge in [0.05, 0.1) is 5.69 Å². The first kappa shape index (κ1) is 20.4. The number of fused-ring (bicyclic) bond motifs is 1. The second-order valence-electron chi connectivity index (χ2n) is 7.18. The Morgan fingerprint density at radius 1 is 1.25 bits per heavy atom. The van der Waals surface area contributed by atoms with Crippen LogP contribution in [0.5, 0.6) is 0 Å². The van der Waals surface area contributed by atoms with Gasteiger partial charge in [0.1, 0.15) is 0 Å². The number of aliphatic hydroxyl groups is 1. The monoisotopic (exact) mass is 445 g/mol. The minimum atomic E-state index is -2.19. The summed E-state index contributed by atoms with van der Waals surface area (Å²) in [6.07, 6.45) is 0.697. The van der Waals surface area contributed by atoms with Crippen molar-refractivity contribution < 1.29 is 14.7 Å². The molecule has 2 aromatic carbocycles. The molecule has 28 heavy (non-hydrogen) atoms. The van der Waals surface area contributed by atoms with E-state index >= 15 is 0 Å². The first-order valence-corrected chi connectivity index (χ1v) is 9.99. The Bertz CT molecular complexity index is 946. The number of carbonyl (C=O) groups is 2. The molecule has 0 aliphatic carbocycles. The molecule has 0 saturated heterocycles. The van der Waals surface area contributed by atoms with Crippen LogP contribution >= 0.6 is 15.9 Å². The molecule has 1 aliphatic rings. The number of amides is 3. The van der Waals surface area contributed by atoms with Crippen LogP contribution in [0.1, 0.15) is 37.0 Å². The first-order valence-electron chi connectivity index (χ1n) is 9.20. The zero-order valence-electron chi connectivity index (χ0n) is 16.3. The van der Waals surface area contributed by atoms with Crippen LogP contribution in [-0.4, -0.2) is 23.1 Å². The lowest BCUT2D eigenvalue weighted by Gasteiger charge is -2.43. The van der Waals surface area contributed by atoms with Gasteiger partial charge in [-0.2, -0.15) is 0 Å². The average Bonchev–Trinajstić information content (AvgIpc) is 2.65. The van der Waals surface area contributed by atoms with Gasteiger partial charge in [-0.3, -0.25) is 9.69 Å². The minimum absolute atomic E-state index is 0.154. The number of carbonyl (C=O) groups excluding carboxylic acids is 2. The Hall–Kier alpha value is -2.38. The summed E-state index contributed by atoms with van der Waals surface area (Å²) in [4.78, 5) is 27.3. The number of urea groups is 1. The first-order chi connectivity index (χ1) is 13.2. The zero-order valence-corrected chi connectivity index (χ0v) is 17.9. The highest BCUT2D eigenvalue weighted by atomic mass is 79.9. The van der Waals surface area contributed by atoms with Crippen molar-refractivity contribution in [2.24, 2.45) is 0 Å². The summed E-state index contributed by atoms with van der Waals surface area (Å²) in [5.41, 5.74) is 0.961. The molecule has 0 aromatic heterocycles. The average molecular weight is 446 g/mol. The summed E-state index contributed by atoms with van der Waals surface area (Å²) >= 11 is 3.39. The highest BCUT2D eigenvalue weighted by Gasteiger charge is 2.52. The van der Waals surface area contributed by atoms with Crippen LogP contribution in [0.15, 0.2) is 40.9 Å². The molecule has 6 nitrogen and oxygen atoms in total. The number of aryl methyl sites for hydroxylation is 2. The predicted octanol–water partition coefficient (Wildman–Crippen LogP) is 4.18. The van der Waals surface area contributed by atoms with E-state index < -0.39 is 17.7 Å². The topological polar surface area (TPSA) is 81.7 Å². The van der Waals surface area contributed by atoms with Gasteiger partial charge >= 0.3 is 6.03 Å². The van der Waals surface area contributed by atoms with Gasteiger partial charge in [-0.1, -0.05) is 28.9 Å². The van der Waals surface area contributed by atoms with E-state index in [9.17, 15) is 14.7 Å². The molecule has 148 valence electrons. The van der Waals surface area contributed by atoms with Gasteiger partial charge in [0.25, 0.3) is 11.6 Å². The lowest BCUT2D eigenvalue weighted by atomic mass is 9.94. The van der Waals surface area contributed by atoms with E-state index in [0.29, 0.717) is 27.8 Å². The van der Waals surface area contributed by atoms with Gasteiger partial charge in [-0.25, -0.2) is 4.79 Å². The number of hydrogen-bond donors (Lipinski definition) is 3. The summed E-state index contributed by atoms with van der Waals surface area (Å²) in [5.74, 6) is -0.644. The summed E-state index contributed by atoms with van der Waals surface area (Å²) in [6.45, 7) is 7.67. The van der Waals surface area contributed by atoms with E-state index in [1.54, 1.807) is 30.3 Å². The number of nitrogens with zero attached hydrogens (tertiary/aromatic N) is 1. The molecule has 1 heterocycles. The number of halogens is 1. The van der Waals surface area contributed by atoms with Crippen molar-refractivity contribution in [1.29, 1.82) is 0 Å². The molecule has 0 bridgehead atoms. The van der Waals surface area contributed by atoms with Crippen LogP contribution in [0.2, 0.25) is 0 Å². The fraction of sp³-hybridized carbons (Fsp3) is 0.333. The molecule has 3 amide bonds. The molecular formula is C21H24BrN3O3. The molecule has 2 unspecified atom stereocenters. The summed E-state index contributed by atoms with van der Waals surface area (Å²) in [6, 6.07) is 9.72. The zero-order chi connectivity index (χ0) is 20.6. The van der Waals surface area contributed by atoms with Crippen LogP contribution in [0.4, 0.5) is 16.2 Å². The van der Waals surface area contributed by atoms with E-state index in [4.69, 9.17) is 0 Å². The summed E-state index contributed by atoms with van der Waals surface area (Å²) < 4.78 is 0.692. The molecule has 3 N–H and O–H groups in total. The lowest BCUT2D eigenvalue weighted by Crippen LogP contribution is -2.63. The number of anilines is 2. The molecule has 7 heteroatoms. The fourth-order valence-corrected chi connectivity index (χ4v) is 3.53. The van der Waals surface area contributed by atoms with E-state index in [2.05, 4.69) is 26.6 Å². The van der Waals surface area contributed by atoms with Gasteiger partial charge < -0.3 is 15.7 Å². The third-order valence-corrected chi connectivity index (χ3v) is 5.67. The van der Waals surface area contributed by atoms with E-state index in [0.717, 1.165) is 16.0 Å². The van der Waals surface area contributed by atoms with Crippen LogP contribution < -0.4 is 15.5 Å². The SMILES string of the molecule is CCC(C)NC(=O)C1(O)c2cc(Br)ccc2NC(=O)N1c1ccc(C)c(C)c1. The lowest BCUT2D eigenvalue weighted by molar-refractivity contribution is -0.140. The third kappa shape index (κ3) is 3.40. The molecule has 0 saturated carbocycles. The van der Waals surface area contributed by atoms with Crippen molar-refractivity contribution in [3.63, 3.8) is 0 Å². The molecular weight excluding hydrogens is 422 g/mol. The Labute approximate surface area is 173 Å². The number of nitrogens with one attached hydrogen (secondary N) is 2. The van der Waals surface area contributed by atoms with Gasteiger partial charge in [0, 0.05) is 21.8 Å². The molecule has 0 fully saturated rings. The highest BCUT2D eigenvalue weighted by Crippen LogP contribution is 2.41. The number of rotatable bonds is 4. The van der Waals surface area contributed by atoms with Crippen LogP contribution in [0.25, 0.3) is 0 Å². The number of benzene rings is 2. The Kier molecular flexibility index (Phi) is 5.50. The van der Waals surface area contributed by atoms with Crippen LogP contribution in [-0.2, 0) is 10.5 Å². The van der Waals surface area contributed by atoms with Crippen molar-refractivity contribution in [3.8, 4) is 0 Å². The Balaban J connectivity index is 2.22. The van der Waals surface area contributed by atoms with Crippen molar-refractivity contribution in [2.75, 3.05) is 10.2 Å². The molecule has 0 radical (unpaired) electrons. The van der Waals surface area contributed by atoms with Gasteiger partial charge in [0.2, 0.25) is 0 Å². The smallest absolute Gasteiger partial charge is 0.329 e. The maximum atomic E-state index is 13.2. The van der Waals surface area contributed by atoms with Crippen molar-refractivity contribution in [3.05, 3.63) is 57.6 Å². The largest absolute Gasteiger partial charge is 0.359 e. The summed E-state index contributed by atoms with van der Waals surface area (Å²) in [5, 5.41) is 17.3. The second kappa shape index (κ2) is 7.56. The minimum Gasteiger partial charge on any atom is -0.359 e. The van der Waals surface area contributed by atoms with Crippen molar-refractivity contribution in [2.45, 2.75) is 45.9 Å². The van der Waals surface area contributed by atoms with Crippen LogP contribution in [0.3, 0.4) is 0 Å². The maximum absolute atomic E-state index is 13.2. The fourth-order valence-electron chi connectivity index (χ4n) is 3.17. The predicted molar refractivity (Wildman–Crippen MR) is 113 cm³/mol. The quantitative estimate of drug-likeness (QED) is 0.659. The van der Waals surface area contributed by atoms with E-state index in [1.165, 1.54) is 0 Å². The molecule has 0 spiro atoms. The maximum Gasteiger partial charge on any atom is 0.329 e.